The average molecular weight is 224 g/mol. The number of hydrogen-bond donors (Lipinski definition) is 1. The van der Waals surface area contributed by atoms with E-state index in [1.54, 1.807) is 0 Å². The van der Waals surface area contributed by atoms with Gasteiger partial charge in [0, 0.05) is 0 Å². The third-order valence-electron chi connectivity index (χ3n) is 2.87. The second kappa shape index (κ2) is 4.81. The molecule has 0 spiro atoms. The van der Waals surface area contributed by atoms with Crippen LogP contribution in [0, 0.1) is 5.92 Å². The molecule has 0 aromatic heterocycles. The van der Waals surface area contributed by atoms with Gasteiger partial charge in [-0.25, -0.2) is 0 Å². The largest absolute Gasteiger partial charge is 0.498 e. The quantitative estimate of drug-likeness (QED) is 0.780. The van der Waals surface area contributed by atoms with Gasteiger partial charge in [-0.2, -0.15) is 0 Å². The lowest BCUT2D eigenvalue weighted by Crippen LogP contribution is -2.27. The fraction of sp³-hybridized carbons (Fsp3) is 0.500. The van der Waals surface area contributed by atoms with Crippen molar-refractivity contribution in [3.63, 3.8) is 0 Å². The van der Waals surface area contributed by atoms with E-state index < -0.39 is 5.60 Å². The molecule has 1 aromatic rings. The molecule has 0 fully saturated rings. The minimum Gasteiger partial charge on any atom is -0.498 e. The summed E-state index contributed by atoms with van der Waals surface area (Å²) in [5.41, 5.74) is 0.178. The Hall–Kier alpha value is -0.803. The highest BCUT2D eigenvalue weighted by Crippen LogP contribution is 2.29. The predicted molar refractivity (Wildman–Crippen MR) is 66.3 cm³/mol. The normalized spacial score (nSPS) is 15.3. The first-order valence-corrected chi connectivity index (χ1v) is 6.85. The standard InChI is InChI=1S/C12H20O2Si/c1-9(2)12(3,13)10-4-6-11(7-5-10)14-8-15/h4-7,9,13H,8H2,1-3,15H3. The Morgan fingerprint density at radius 2 is 1.87 bits per heavy atom. The lowest BCUT2D eigenvalue weighted by Gasteiger charge is -2.28. The summed E-state index contributed by atoms with van der Waals surface area (Å²) in [6.07, 6.45) is 0.805. The van der Waals surface area contributed by atoms with E-state index in [1.165, 1.54) is 0 Å². The van der Waals surface area contributed by atoms with Crippen LogP contribution in [0.2, 0.25) is 0 Å². The van der Waals surface area contributed by atoms with E-state index in [-0.39, 0.29) is 5.92 Å². The molecule has 0 amide bonds. The smallest absolute Gasteiger partial charge is 0.118 e. The van der Waals surface area contributed by atoms with E-state index in [2.05, 4.69) is 0 Å². The second-order valence-electron chi connectivity index (χ2n) is 4.26. The molecule has 1 aromatic carbocycles. The molecular formula is C12H20O2Si. The highest BCUT2D eigenvalue weighted by atomic mass is 28.1. The van der Waals surface area contributed by atoms with Gasteiger partial charge in [-0.05, 0) is 30.5 Å². The van der Waals surface area contributed by atoms with E-state index in [0.717, 1.165) is 27.8 Å². The first kappa shape index (κ1) is 12.3. The van der Waals surface area contributed by atoms with Crippen LogP contribution in [0.3, 0.4) is 0 Å². The summed E-state index contributed by atoms with van der Waals surface area (Å²) in [5, 5.41) is 10.2. The van der Waals surface area contributed by atoms with Crippen molar-refractivity contribution in [3.05, 3.63) is 29.8 Å². The van der Waals surface area contributed by atoms with Crippen LogP contribution in [-0.4, -0.2) is 21.6 Å². The fourth-order valence-corrected chi connectivity index (χ4v) is 1.72. The van der Waals surface area contributed by atoms with Crippen molar-refractivity contribution in [1.29, 1.82) is 0 Å². The predicted octanol–water partition coefficient (Wildman–Crippen LogP) is 1.25. The number of rotatable bonds is 4. The summed E-state index contributed by atoms with van der Waals surface area (Å²) < 4.78 is 5.41. The summed E-state index contributed by atoms with van der Waals surface area (Å²) in [5.74, 6) is 1.08. The van der Waals surface area contributed by atoms with Crippen molar-refractivity contribution in [2.75, 3.05) is 6.23 Å². The zero-order valence-electron chi connectivity index (χ0n) is 9.95. The van der Waals surface area contributed by atoms with Gasteiger partial charge >= 0.3 is 0 Å². The third-order valence-corrected chi connectivity index (χ3v) is 3.16. The monoisotopic (exact) mass is 224 g/mol. The van der Waals surface area contributed by atoms with Gasteiger partial charge in [0.05, 0.1) is 22.1 Å². The Morgan fingerprint density at radius 1 is 1.33 bits per heavy atom. The van der Waals surface area contributed by atoms with Crippen LogP contribution >= 0.6 is 0 Å². The number of aliphatic hydroxyl groups is 1. The van der Waals surface area contributed by atoms with E-state index in [1.807, 2.05) is 45.0 Å². The Labute approximate surface area is 94.7 Å². The molecule has 0 saturated carbocycles. The van der Waals surface area contributed by atoms with Gasteiger partial charge in [0.2, 0.25) is 0 Å². The van der Waals surface area contributed by atoms with Crippen LogP contribution in [-0.2, 0) is 5.60 Å². The lowest BCUT2D eigenvalue weighted by atomic mass is 9.85. The Morgan fingerprint density at radius 3 is 2.27 bits per heavy atom. The molecule has 0 aliphatic rings. The minimum atomic E-state index is -0.764. The Kier molecular flexibility index (Phi) is 3.94. The first-order valence-electron chi connectivity index (χ1n) is 5.44. The molecule has 1 atom stereocenters. The SMILES string of the molecule is CC(C)C(C)(O)c1ccc(OC[SiH3])cc1. The molecule has 84 valence electrons. The van der Waals surface area contributed by atoms with Gasteiger partial charge in [-0.15, -0.1) is 0 Å². The first-order chi connectivity index (χ1) is 6.98. The molecule has 15 heavy (non-hydrogen) atoms. The summed E-state index contributed by atoms with van der Waals surface area (Å²) in [6.45, 7) is 5.88. The van der Waals surface area contributed by atoms with Crippen molar-refractivity contribution >= 4 is 10.2 Å². The van der Waals surface area contributed by atoms with Crippen LogP contribution in [0.15, 0.2) is 24.3 Å². The average Bonchev–Trinajstić information content (AvgIpc) is 2.19. The van der Waals surface area contributed by atoms with E-state index in [9.17, 15) is 5.11 Å². The molecule has 0 bridgehead atoms. The lowest BCUT2D eigenvalue weighted by molar-refractivity contribution is 0.00902. The van der Waals surface area contributed by atoms with Crippen LogP contribution < -0.4 is 4.74 Å². The maximum absolute atomic E-state index is 10.2. The van der Waals surface area contributed by atoms with Gasteiger partial charge in [0.1, 0.15) is 5.75 Å². The Bertz CT molecular complexity index is 304. The van der Waals surface area contributed by atoms with Crippen molar-refractivity contribution < 1.29 is 9.84 Å². The van der Waals surface area contributed by atoms with Crippen molar-refractivity contribution in [2.24, 2.45) is 5.92 Å². The molecule has 0 saturated heterocycles. The van der Waals surface area contributed by atoms with E-state index >= 15 is 0 Å². The van der Waals surface area contributed by atoms with Crippen LogP contribution in [0.25, 0.3) is 0 Å². The molecule has 1 unspecified atom stereocenters. The third kappa shape index (κ3) is 2.83. The summed E-state index contributed by atoms with van der Waals surface area (Å²) in [6, 6.07) is 7.72. The van der Waals surface area contributed by atoms with Crippen LogP contribution in [0.5, 0.6) is 5.75 Å². The highest BCUT2D eigenvalue weighted by Gasteiger charge is 2.26. The van der Waals surface area contributed by atoms with Gasteiger partial charge < -0.3 is 9.84 Å². The number of ether oxygens (including phenoxy) is 1. The number of hydrogen-bond acceptors (Lipinski definition) is 2. The van der Waals surface area contributed by atoms with Gasteiger partial charge in [0.15, 0.2) is 0 Å². The van der Waals surface area contributed by atoms with Gasteiger partial charge in [0.25, 0.3) is 0 Å². The van der Waals surface area contributed by atoms with Crippen molar-refractivity contribution in [2.45, 2.75) is 26.4 Å². The van der Waals surface area contributed by atoms with Gasteiger partial charge in [-0.3, -0.25) is 0 Å². The minimum absolute atomic E-state index is 0.197. The van der Waals surface area contributed by atoms with Crippen LogP contribution in [0.1, 0.15) is 26.3 Å². The van der Waals surface area contributed by atoms with E-state index in [4.69, 9.17) is 4.74 Å². The zero-order valence-corrected chi connectivity index (χ0v) is 11.9. The summed E-state index contributed by atoms with van der Waals surface area (Å²) >= 11 is 0. The van der Waals surface area contributed by atoms with Crippen LogP contribution in [0.4, 0.5) is 0 Å². The van der Waals surface area contributed by atoms with Crippen molar-refractivity contribution in [3.8, 4) is 5.75 Å². The molecule has 0 heterocycles. The summed E-state index contributed by atoms with van der Waals surface area (Å²) in [4.78, 5) is 0. The maximum atomic E-state index is 10.2. The Balaban J connectivity index is 2.88. The topological polar surface area (TPSA) is 29.5 Å². The fourth-order valence-electron chi connectivity index (χ4n) is 1.39. The highest BCUT2D eigenvalue weighted by molar-refractivity contribution is 6.08. The number of benzene rings is 1. The molecule has 3 heteroatoms. The zero-order chi connectivity index (χ0) is 11.5. The molecule has 2 nitrogen and oxygen atoms in total. The van der Waals surface area contributed by atoms with Gasteiger partial charge in [-0.1, -0.05) is 26.0 Å². The van der Waals surface area contributed by atoms with E-state index in [0.29, 0.717) is 0 Å². The molecule has 0 aliphatic carbocycles. The second-order valence-corrected chi connectivity index (χ2v) is 4.84. The molecular weight excluding hydrogens is 204 g/mol. The molecule has 0 aliphatic heterocycles. The maximum Gasteiger partial charge on any atom is 0.118 e. The molecule has 0 radical (unpaired) electrons. The van der Waals surface area contributed by atoms with Crippen molar-refractivity contribution in [1.82, 2.24) is 0 Å². The molecule has 1 rings (SSSR count). The summed E-state index contributed by atoms with van der Waals surface area (Å²) in [7, 11) is 1.04. The molecule has 1 N–H and O–H groups in total.